The van der Waals surface area contributed by atoms with E-state index in [9.17, 15) is 0 Å². The van der Waals surface area contributed by atoms with Gasteiger partial charge in [-0.15, -0.1) is 0 Å². The van der Waals surface area contributed by atoms with Crippen LogP contribution in [0.15, 0.2) is 229 Å². The summed E-state index contributed by atoms with van der Waals surface area (Å²) in [5.74, 6) is 0.530. The van der Waals surface area contributed by atoms with Crippen molar-refractivity contribution in [3.63, 3.8) is 0 Å². The molecule has 9 aromatic rings. The monoisotopic (exact) mass is 823 g/mol. The van der Waals surface area contributed by atoms with Crippen LogP contribution in [-0.4, -0.2) is 0 Å². The quantitative estimate of drug-likeness (QED) is 0.144. The van der Waals surface area contributed by atoms with Crippen molar-refractivity contribution in [1.82, 2.24) is 0 Å². The van der Waals surface area contributed by atoms with Gasteiger partial charge in [-0.2, -0.15) is 0 Å². The molecule has 8 aromatic carbocycles. The molecule has 0 bridgehead atoms. The molecule has 1 unspecified atom stereocenters. The number of para-hydroxylation sites is 2. The number of hydrogen-bond donors (Lipinski definition) is 0. The lowest BCUT2D eigenvalue weighted by molar-refractivity contribution is 0.670. The Hall–Kier alpha value is -7.68. The maximum atomic E-state index is 6.36. The Bertz CT molecular complexity index is 3270. The van der Waals surface area contributed by atoms with Gasteiger partial charge in [0.05, 0.1) is 0 Å². The van der Waals surface area contributed by atoms with E-state index in [4.69, 9.17) is 4.42 Å². The van der Waals surface area contributed by atoms with Crippen LogP contribution in [0.3, 0.4) is 0 Å². The standard InChI is InChI=1S/C62H49NO/c1-42-12-6-7-15-55(42)57-18-10-17-56(43(57)2)50-26-22-45(23-27-50)48-32-38-53(39-33-48)63(52-36-30-47(31-37-52)44-13-4-3-5-14-44)54-40-34-49(35-41-54)46-24-28-51(29-25-46)58-19-11-20-60-59-16-8-9-21-61(59)64-62(58)60/h3-11,13-32,34-38,40-42H,12,33,39H2,1-2H3. The number of benzene rings is 8. The molecule has 0 spiro atoms. The van der Waals surface area contributed by atoms with Crippen molar-refractivity contribution in [2.75, 3.05) is 4.90 Å². The molecular formula is C62H49NO. The SMILES string of the molecule is Cc1c(C2=CC=CCC2C)cccc1-c1ccc(C2=CC=C(N(c3ccc(-c4ccccc4)cc3)c3ccc(-c4ccc(-c5cccc6c5oc5ccccc56)cc4)cc3)CC2)cc1. The first-order valence-corrected chi connectivity index (χ1v) is 22.6. The van der Waals surface area contributed by atoms with Crippen molar-refractivity contribution >= 4 is 44.5 Å². The van der Waals surface area contributed by atoms with Crippen LogP contribution in [0.25, 0.3) is 77.6 Å². The number of anilines is 2. The molecule has 2 nitrogen and oxygen atoms in total. The topological polar surface area (TPSA) is 16.4 Å². The molecule has 11 rings (SSSR count). The van der Waals surface area contributed by atoms with Crippen LogP contribution in [0.5, 0.6) is 0 Å². The predicted molar refractivity (Wildman–Crippen MR) is 271 cm³/mol. The van der Waals surface area contributed by atoms with E-state index in [1.807, 2.05) is 12.1 Å². The van der Waals surface area contributed by atoms with Gasteiger partial charge in [0.1, 0.15) is 11.2 Å². The predicted octanol–water partition coefficient (Wildman–Crippen LogP) is 17.4. The lowest BCUT2D eigenvalue weighted by atomic mass is 9.84. The molecule has 2 heteroatoms. The minimum Gasteiger partial charge on any atom is -0.455 e. The van der Waals surface area contributed by atoms with Gasteiger partial charge in [-0.05, 0) is 135 Å². The number of hydrogen-bond acceptors (Lipinski definition) is 2. The van der Waals surface area contributed by atoms with Gasteiger partial charge in [-0.1, -0.05) is 189 Å². The molecule has 0 radical (unpaired) electrons. The van der Waals surface area contributed by atoms with Crippen LogP contribution in [0.1, 0.15) is 42.9 Å². The average molecular weight is 824 g/mol. The Morgan fingerprint density at radius 2 is 1.00 bits per heavy atom. The zero-order valence-electron chi connectivity index (χ0n) is 36.3. The molecule has 0 fully saturated rings. The highest BCUT2D eigenvalue weighted by molar-refractivity contribution is 6.09. The zero-order valence-corrected chi connectivity index (χ0v) is 36.3. The van der Waals surface area contributed by atoms with E-state index >= 15 is 0 Å². The van der Waals surface area contributed by atoms with Crippen molar-refractivity contribution in [2.24, 2.45) is 5.92 Å². The van der Waals surface area contributed by atoms with E-state index in [0.29, 0.717) is 5.92 Å². The summed E-state index contributed by atoms with van der Waals surface area (Å²) in [6.45, 7) is 4.61. The molecule has 0 saturated carbocycles. The first-order valence-electron chi connectivity index (χ1n) is 22.6. The highest BCUT2D eigenvalue weighted by atomic mass is 16.3. The van der Waals surface area contributed by atoms with E-state index in [2.05, 4.69) is 225 Å². The molecule has 0 aliphatic heterocycles. The molecule has 1 heterocycles. The summed E-state index contributed by atoms with van der Waals surface area (Å²) in [6.07, 6.45) is 14.4. The second kappa shape index (κ2) is 16.9. The molecule has 0 N–H and O–H groups in total. The molecule has 308 valence electrons. The van der Waals surface area contributed by atoms with Gasteiger partial charge < -0.3 is 9.32 Å². The van der Waals surface area contributed by atoms with E-state index in [0.717, 1.165) is 63.7 Å². The highest BCUT2D eigenvalue weighted by Gasteiger charge is 2.20. The molecule has 1 aromatic heterocycles. The van der Waals surface area contributed by atoms with Gasteiger partial charge in [-0.25, -0.2) is 0 Å². The van der Waals surface area contributed by atoms with E-state index in [1.54, 1.807) is 0 Å². The fourth-order valence-corrected chi connectivity index (χ4v) is 9.81. The number of rotatable bonds is 9. The lowest BCUT2D eigenvalue weighted by Gasteiger charge is -2.30. The van der Waals surface area contributed by atoms with E-state index in [-0.39, 0.29) is 0 Å². The van der Waals surface area contributed by atoms with Crippen LogP contribution < -0.4 is 4.90 Å². The van der Waals surface area contributed by atoms with Crippen molar-refractivity contribution < 1.29 is 4.42 Å². The van der Waals surface area contributed by atoms with Crippen LogP contribution in [0.2, 0.25) is 0 Å². The molecule has 2 aliphatic rings. The van der Waals surface area contributed by atoms with E-state index < -0.39 is 0 Å². The fraction of sp³-hybridized carbons (Fsp3) is 0.0968. The first kappa shape index (κ1) is 39.2. The maximum absolute atomic E-state index is 6.36. The molecular weight excluding hydrogens is 775 g/mol. The Morgan fingerprint density at radius 3 is 1.67 bits per heavy atom. The third kappa shape index (κ3) is 7.41. The molecule has 64 heavy (non-hydrogen) atoms. The minimum atomic E-state index is 0.530. The zero-order chi connectivity index (χ0) is 43.0. The van der Waals surface area contributed by atoms with E-state index in [1.165, 1.54) is 66.9 Å². The van der Waals surface area contributed by atoms with Crippen LogP contribution in [0, 0.1) is 12.8 Å². The first-order chi connectivity index (χ1) is 31.6. The molecule has 0 amide bonds. The van der Waals surface area contributed by atoms with Gasteiger partial charge in [0.15, 0.2) is 0 Å². The number of fused-ring (bicyclic) bond motifs is 3. The van der Waals surface area contributed by atoms with Crippen molar-refractivity contribution in [1.29, 1.82) is 0 Å². The lowest BCUT2D eigenvalue weighted by Crippen LogP contribution is -2.17. The number of furan rings is 1. The van der Waals surface area contributed by atoms with Gasteiger partial charge in [-0.3, -0.25) is 0 Å². The Kier molecular flexibility index (Phi) is 10.3. The largest absolute Gasteiger partial charge is 0.455 e. The Morgan fingerprint density at radius 1 is 0.453 bits per heavy atom. The van der Waals surface area contributed by atoms with Gasteiger partial charge in [0, 0.05) is 33.4 Å². The highest BCUT2D eigenvalue weighted by Crippen LogP contribution is 2.41. The third-order valence-electron chi connectivity index (χ3n) is 13.4. The third-order valence-corrected chi connectivity index (χ3v) is 13.4. The molecule has 1 atom stereocenters. The second-order valence-corrected chi connectivity index (χ2v) is 17.2. The van der Waals surface area contributed by atoms with Crippen LogP contribution in [-0.2, 0) is 0 Å². The van der Waals surface area contributed by atoms with Crippen molar-refractivity contribution in [3.8, 4) is 44.5 Å². The summed E-state index contributed by atoms with van der Waals surface area (Å²) in [7, 11) is 0. The summed E-state index contributed by atoms with van der Waals surface area (Å²) in [5.41, 5.74) is 21.8. The Balaban J connectivity index is 0.877. The maximum Gasteiger partial charge on any atom is 0.143 e. The molecule has 2 aliphatic carbocycles. The van der Waals surface area contributed by atoms with Gasteiger partial charge in [0.2, 0.25) is 0 Å². The number of allylic oxidation sites excluding steroid dienone is 8. The van der Waals surface area contributed by atoms with Crippen LogP contribution in [0.4, 0.5) is 11.4 Å². The van der Waals surface area contributed by atoms with Crippen molar-refractivity contribution in [2.45, 2.75) is 33.1 Å². The molecule has 0 saturated heterocycles. The second-order valence-electron chi connectivity index (χ2n) is 17.2. The smallest absolute Gasteiger partial charge is 0.143 e. The summed E-state index contributed by atoms with van der Waals surface area (Å²) in [6, 6.07) is 68.2. The summed E-state index contributed by atoms with van der Waals surface area (Å²) in [4.78, 5) is 2.43. The van der Waals surface area contributed by atoms with Crippen molar-refractivity contribution in [3.05, 3.63) is 241 Å². The normalized spacial score (nSPS) is 14.9. The summed E-state index contributed by atoms with van der Waals surface area (Å²) in [5, 5.41) is 2.30. The fourth-order valence-electron chi connectivity index (χ4n) is 9.81. The van der Waals surface area contributed by atoms with Gasteiger partial charge >= 0.3 is 0 Å². The number of nitrogens with zero attached hydrogens (tertiary/aromatic N) is 1. The summed E-state index contributed by atoms with van der Waals surface area (Å²) < 4.78 is 6.36. The van der Waals surface area contributed by atoms with Gasteiger partial charge in [0.25, 0.3) is 0 Å². The Labute approximate surface area is 376 Å². The minimum absolute atomic E-state index is 0.530. The van der Waals surface area contributed by atoms with Crippen LogP contribution >= 0.6 is 0 Å². The summed E-state index contributed by atoms with van der Waals surface area (Å²) >= 11 is 0. The average Bonchev–Trinajstić information content (AvgIpc) is 3.75.